The molecular formula is C29H32N4O5. The lowest BCUT2D eigenvalue weighted by Gasteiger charge is -2.55. The monoisotopic (exact) mass is 516 g/mol. The predicted octanol–water partition coefficient (Wildman–Crippen LogP) is 4.61. The van der Waals surface area contributed by atoms with Crippen molar-refractivity contribution in [1.29, 1.82) is 0 Å². The first-order valence-electron chi connectivity index (χ1n) is 13.0. The number of rotatable bonds is 8. The summed E-state index contributed by atoms with van der Waals surface area (Å²) in [7, 11) is 0. The summed E-state index contributed by atoms with van der Waals surface area (Å²) in [4.78, 5) is 21.9. The van der Waals surface area contributed by atoms with Crippen molar-refractivity contribution in [3.8, 4) is 17.5 Å². The van der Waals surface area contributed by atoms with E-state index in [0.717, 1.165) is 49.0 Å². The average Bonchev–Trinajstić information content (AvgIpc) is 2.82. The maximum Gasteiger partial charge on any atom is 0.404 e. The van der Waals surface area contributed by atoms with Gasteiger partial charge >= 0.3 is 12.1 Å². The molecule has 6 rings (SSSR count). The van der Waals surface area contributed by atoms with Gasteiger partial charge in [0.15, 0.2) is 0 Å². The van der Waals surface area contributed by atoms with Crippen LogP contribution in [0.2, 0.25) is 0 Å². The number of carboxylic acid groups (broad SMARTS) is 1. The first kappa shape index (κ1) is 24.5. The largest absolute Gasteiger partial charge is 0.490 e. The molecule has 0 unspecified atom stereocenters. The predicted molar refractivity (Wildman–Crippen MR) is 141 cm³/mol. The summed E-state index contributed by atoms with van der Waals surface area (Å²) in [5.41, 5.74) is 2.42. The summed E-state index contributed by atoms with van der Waals surface area (Å²) in [6.07, 6.45) is 2.18. The Hall–Kier alpha value is -3.85. The zero-order chi connectivity index (χ0) is 26.3. The van der Waals surface area contributed by atoms with Gasteiger partial charge in [-0.25, -0.2) is 9.78 Å². The molecule has 0 atom stereocenters. The molecular weight excluding hydrogens is 484 g/mol. The summed E-state index contributed by atoms with van der Waals surface area (Å²) >= 11 is 0. The van der Waals surface area contributed by atoms with Crippen LogP contribution in [-0.4, -0.2) is 59.6 Å². The van der Waals surface area contributed by atoms with Crippen LogP contribution in [0.4, 0.5) is 10.6 Å². The highest BCUT2D eigenvalue weighted by molar-refractivity contribution is 5.65. The molecule has 2 N–H and O–H groups in total. The molecule has 3 fully saturated rings. The first-order chi connectivity index (χ1) is 18.3. The van der Waals surface area contributed by atoms with Crippen molar-refractivity contribution in [3.63, 3.8) is 0 Å². The highest BCUT2D eigenvalue weighted by atomic mass is 16.5. The van der Waals surface area contributed by atoms with Gasteiger partial charge in [-0.3, -0.25) is 0 Å². The van der Waals surface area contributed by atoms with E-state index in [-0.39, 0.29) is 17.6 Å². The molecule has 9 heteroatoms. The zero-order valence-electron chi connectivity index (χ0n) is 21.6. The number of anilines is 1. The quantitative estimate of drug-likeness (QED) is 0.447. The lowest BCUT2D eigenvalue weighted by molar-refractivity contribution is -0.127. The normalized spacial score (nSPS) is 21.6. The molecule has 1 saturated carbocycles. The second-order valence-corrected chi connectivity index (χ2v) is 11.2. The number of hydrogen-bond acceptors (Lipinski definition) is 7. The summed E-state index contributed by atoms with van der Waals surface area (Å²) in [6.45, 7) is 7.98. The Morgan fingerprint density at radius 3 is 2.24 bits per heavy atom. The van der Waals surface area contributed by atoms with Crippen LogP contribution < -0.4 is 19.7 Å². The highest BCUT2D eigenvalue weighted by Gasteiger charge is 2.49. The van der Waals surface area contributed by atoms with E-state index in [1.165, 1.54) is 0 Å². The fraction of sp³-hybridized carbons (Fsp3) is 0.414. The van der Waals surface area contributed by atoms with Crippen molar-refractivity contribution < 1.29 is 24.1 Å². The smallest absolute Gasteiger partial charge is 0.404 e. The Kier molecular flexibility index (Phi) is 6.10. The molecule has 1 spiro atoms. The molecule has 38 heavy (non-hydrogen) atoms. The van der Waals surface area contributed by atoms with Crippen molar-refractivity contribution in [2.75, 3.05) is 31.2 Å². The molecule has 3 heterocycles. The maximum absolute atomic E-state index is 10.7. The molecule has 1 aliphatic carbocycles. The molecule has 1 amide bonds. The van der Waals surface area contributed by atoms with E-state index in [0.29, 0.717) is 30.0 Å². The number of amides is 1. The van der Waals surface area contributed by atoms with E-state index in [4.69, 9.17) is 19.3 Å². The van der Waals surface area contributed by atoms with Crippen LogP contribution in [0.3, 0.4) is 0 Å². The third-order valence-corrected chi connectivity index (χ3v) is 7.90. The van der Waals surface area contributed by atoms with Crippen LogP contribution in [0.25, 0.3) is 0 Å². The molecule has 1 aromatic heterocycles. The number of benzene rings is 2. The van der Waals surface area contributed by atoms with Crippen LogP contribution in [0.1, 0.15) is 37.8 Å². The topological polar surface area (TPSA) is 106 Å². The molecule has 0 radical (unpaired) electrons. The van der Waals surface area contributed by atoms with Gasteiger partial charge in [0.05, 0.1) is 18.6 Å². The standard InChI is InChI=1S/C29H32N4O5/c1-28(2,19-3-7-22(8-4-19)37-24-13-21(14-24)31-27(34)35)20-5-9-23(10-6-20)38-26-30-12-11-25(32-26)33-15-29(16-33)17-36-18-29/h3-12,21,24,31H,13-18H2,1-2H3,(H,34,35). The molecule has 2 aromatic carbocycles. The molecule has 3 aromatic rings. The summed E-state index contributed by atoms with van der Waals surface area (Å²) in [6, 6.07) is 18.4. The van der Waals surface area contributed by atoms with Crippen LogP contribution in [-0.2, 0) is 10.2 Å². The van der Waals surface area contributed by atoms with Crippen LogP contribution >= 0.6 is 0 Å². The molecule has 2 saturated heterocycles. The van der Waals surface area contributed by atoms with Crippen molar-refractivity contribution in [1.82, 2.24) is 15.3 Å². The van der Waals surface area contributed by atoms with Crippen LogP contribution in [0.5, 0.6) is 17.5 Å². The lowest BCUT2D eigenvalue weighted by Crippen LogP contribution is -2.66. The van der Waals surface area contributed by atoms with Crippen molar-refractivity contribution in [2.45, 2.75) is 44.2 Å². The molecule has 0 bridgehead atoms. The van der Waals surface area contributed by atoms with E-state index in [1.807, 2.05) is 30.3 Å². The van der Waals surface area contributed by atoms with Gasteiger partial charge in [0.1, 0.15) is 23.4 Å². The second-order valence-electron chi connectivity index (χ2n) is 11.2. The number of hydrogen-bond donors (Lipinski definition) is 2. The fourth-order valence-corrected chi connectivity index (χ4v) is 5.36. The first-order valence-corrected chi connectivity index (χ1v) is 13.0. The minimum absolute atomic E-state index is 0.0197. The Labute approximate surface area is 221 Å². The van der Waals surface area contributed by atoms with Gasteiger partial charge in [-0.15, -0.1) is 0 Å². The summed E-state index contributed by atoms with van der Waals surface area (Å²) < 4.78 is 17.3. The van der Waals surface area contributed by atoms with E-state index >= 15 is 0 Å². The third-order valence-electron chi connectivity index (χ3n) is 7.90. The van der Waals surface area contributed by atoms with E-state index < -0.39 is 6.09 Å². The van der Waals surface area contributed by atoms with Crippen molar-refractivity contribution >= 4 is 11.9 Å². The second kappa shape index (κ2) is 9.47. The van der Waals surface area contributed by atoms with E-state index in [2.05, 4.69) is 58.3 Å². The SMILES string of the molecule is CC(C)(c1ccc(Oc2nccc(N3CC4(COC4)C3)n2)cc1)c1ccc(OC2CC(NC(=O)O)C2)cc1. The summed E-state index contributed by atoms with van der Waals surface area (Å²) in [5, 5.41) is 11.3. The van der Waals surface area contributed by atoms with E-state index in [1.54, 1.807) is 6.20 Å². The van der Waals surface area contributed by atoms with Crippen LogP contribution in [0.15, 0.2) is 60.8 Å². The fourth-order valence-electron chi connectivity index (χ4n) is 5.36. The number of nitrogens with one attached hydrogen (secondary N) is 1. The minimum Gasteiger partial charge on any atom is -0.490 e. The van der Waals surface area contributed by atoms with Crippen molar-refractivity contribution in [3.05, 3.63) is 71.9 Å². The number of carbonyl (C=O) groups is 1. The molecule has 2 aliphatic heterocycles. The van der Waals surface area contributed by atoms with Gasteiger partial charge in [-0.2, -0.15) is 4.98 Å². The number of ether oxygens (including phenoxy) is 3. The lowest BCUT2D eigenvalue weighted by atomic mass is 9.78. The van der Waals surface area contributed by atoms with Gasteiger partial charge in [0, 0.05) is 43.6 Å². The third kappa shape index (κ3) is 4.86. The Morgan fingerprint density at radius 2 is 1.66 bits per heavy atom. The highest BCUT2D eigenvalue weighted by Crippen LogP contribution is 2.40. The Bertz CT molecular complexity index is 1290. The zero-order valence-corrected chi connectivity index (χ0v) is 21.6. The van der Waals surface area contributed by atoms with Crippen molar-refractivity contribution in [2.24, 2.45) is 5.41 Å². The maximum atomic E-state index is 10.7. The molecule has 9 nitrogen and oxygen atoms in total. The minimum atomic E-state index is -0.984. The summed E-state index contributed by atoms with van der Waals surface area (Å²) in [5.74, 6) is 2.37. The Balaban J connectivity index is 1.05. The molecule has 198 valence electrons. The van der Waals surface area contributed by atoms with E-state index in [9.17, 15) is 4.79 Å². The van der Waals surface area contributed by atoms with Gasteiger partial charge in [0.2, 0.25) is 0 Å². The van der Waals surface area contributed by atoms with Gasteiger partial charge < -0.3 is 29.5 Å². The van der Waals surface area contributed by atoms with Gasteiger partial charge in [-0.05, 0) is 41.5 Å². The van der Waals surface area contributed by atoms with Gasteiger partial charge in [0.25, 0.3) is 0 Å². The average molecular weight is 517 g/mol. The van der Waals surface area contributed by atoms with Crippen LogP contribution in [0, 0.1) is 5.41 Å². The molecule has 3 aliphatic rings. The number of aromatic nitrogens is 2. The Morgan fingerprint density at radius 1 is 1.03 bits per heavy atom. The van der Waals surface area contributed by atoms with Gasteiger partial charge in [-0.1, -0.05) is 38.1 Å². The number of nitrogens with zero attached hydrogens (tertiary/aromatic N) is 3.